The highest BCUT2D eigenvalue weighted by Crippen LogP contribution is 2.39. The average molecular weight is 311 g/mol. The number of hydrogen-bond acceptors (Lipinski definition) is 6. The molecular weight excluding hydrogens is 294 g/mol. The van der Waals surface area contributed by atoms with Crippen molar-refractivity contribution in [3.05, 3.63) is 35.1 Å². The van der Waals surface area contributed by atoms with E-state index in [9.17, 15) is 13.2 Å². The molecule has 0 saturated heterocycles. The van der Waals surface area contributed by atoms with Gasteiger partial charge in [-0.05, 0) is 18.6 Å². The highest BCUT2D eigenvalue weighted by atomic mass is 32.2. The number of hydrogen-bond donors (Lipinski definition) is 0. The van der Waals surface area contributed by atoms with Crippen molar-refractivity contribution < 1.29 is 22.7 Å². The van der Waals surface area contributed by atoms with Gasteiger partial charge in [-0.1, -0.05) is 19.1 Å². The molecule has 6 nitrogen and oxygen atoms in total. The second-order valence-corrected chi connectivity index (χ2v) is 6.62. The summed E-state index contributed by atoms with van der Waals surface area (Å²) in [6.07, 6.45) is 1.57. The van der Waals surface area contributed by atoms with Crippen LogP contribution in [0.3, 0.4) is 0 Å². The van der Waals surface area contributed by atoms with Gasteiger partial charge in [0.1, 0.15) is 0 Å². The Hall–Kier alpha value is -2.02. The molecule has 0 radical (unpaired) electrons. The number of carbonyl (C=O) groups excluding carboxylic acids is 1. The number of benzene rings is 1. The lowest BCUT2D eigenvalue weighted by Gasteiger charge is -2.15. The topological polar surface area (TPSA) is 72.9 Å². The van der Waals surface area contributed by atoms with Crippen molar-refractivity contribution in [1.82, 2.24) is 0 Å². The van der Waals surface area contributed by atoms with Gasteiger partial charge in [0.15, 0.2) is 15.6 Å². The molecule has 7 heteroatoms. The minimum atomic E-state index is -3.79. The van der Waals surface area contributed by atoms with Gasteiger partial charge in [-0.3, -0.25) is 0 Å². The Labute approximate surface area is 123 Å². The maximum atomic E-state index is 12.1. The molecule has 114 valence electrons. The van der Waals surface area contributed by atoms with Crippen molar-refractivity contribution in [2.45, 2.75) is 13.3 Å². The van der Waals surface area contributed by atoms with Crippen molar-refractivity contribution in [2.75, 3.05) is 24.8 Å². The molecule has 1 aromatic carbocycles. The maximum absolute atomic E-state index is 12.1. The summed E-state index contributed by atoms with van der Waals surface area (Å²) in [7, 11) is -2.15. The molecule has 1 heterocycles. The van der Waals surface area contributed by atoms with Crippen molar-refractivity contribution >= 4 is 21.5 Å². The summed E-state index contributed by atoms with van der Waals surface area (Å²) < 4.78 is 34.4. The summed E-state index contributed by atoms with van der Waals surface area (Å²) in [6, 6.07) is 7.05. The summed E-state index contributed by atoms with van der Waals surface area (Å²) >= 11 is 0. The third-order valence-corrected chi connectivity index (χ3v) is 4.01. The first-order valence-electron chi connectivity index (χ1n) is 6.48. The number of fused-ring (bicyclic) bond motifs is 1. The molecule has 0 atom stereocenters. The molecule has 0 N–H and O–H groups in total. The first kappa shape index (κ1) is 15.4. The van der Waals surface area contributed by atoms with Gasteiger partial charge in [-0.15, -0.1) is 0 Å². The highest BCUT2D eigenvalue weighted by molar-refractivity contribution is 7.95. The Morgan fingerprint density at radius 3 is 2.57 bits per heavy atom. The number of esters is 1. The Kier molecular flexibility index (Phi) is 4.22. The Morgan fingerprint density at radius 1 is 1.33 bits per heavy atom. The number of para-hydroxylation sites is 2. The maximum Gasteiger partial charge on any atom is 0.355 e. The van der Waals surface area contributed by atoms with Gasteiger partial charge in [0.05, 0.1) is 12.3 Å². The second-order valence-electron chi connectivity index (χ2n) is 4.67. The first-order chi connectivity index (χ1) is 9.86. The van der Waals surface area contributed by atoms with E-state index in [0.29, 0.717) is 17.9 Å². The molecule has 0 amide bonds. The lowest BCUT2D eigenvalue weighted by Crippen LogP contribution is -2.25. The molecule has 0 fully saturated rings. The van der Waals surface area contributed by atoms with Gasteiger partial charge in [0, 0.05) is 13.3 Å². The first-order valence-corrected chi connectivity index (χ1v) is 8.37. The number of carbonyl (C=O) groups is 1. The Morgan fingerprint density at radius 2 is 2.00 bits per heavy atom. The quantitative estimate of drug-likeness (QED) is 0.622. The van der Waals surface area contributed by atoms with Crippen LogP contribution in [-0.2, 0) is 19.4 Å². The predicted octanol–water partition coefficient (Wildman–Crippen LogP) is 1.68. The van der Waals surface area contributed by atoms with E-state index >= 15 is 0 Å². The zero-order valence-corrected chi connectivity index (χ0v) is 12.9. The van der Waals surface area contributed by atoms with Crippen LogP contribution in [0.25, 0.3) is 0 Å². The van der Waals surface area contributed by atoms with Gasteiger partial charge < -0.3 is 14.4 Å². The molecule has 0 bridgehead atoms. The fourth-order valence-corrected chi connectivity index (χ4v) is 2.82. The third-order valence-electron chi connectivity index (χ3n) is 2.93. The van der Waals surface area contributed by atoms with Crippen LogP contribution in [0.5, 0.6) is 5.75 Å². The largest absolute Gasteiger partial charge is 0.461 e. The molecule has 0 spiro atoms. The zero-order chi connectivity index (χ0) is 15.6. The van der Waals surface area contributed by atoms with Crippen LogP contribution in [-0.4, -0.2) is 34.3 Å². The molecule has 21 heavy (non-hydrogen) atoms. The van der Waals surface area contributed by atoms with E-state index in [0.717, 1.165) is 6.26 Å². The summed E-state index contributed by atoms with van der Waals surface area (Å²) in [4.78, 5) is 13.1. The zero-order valence-electron chi connectivity index (χ0n) is 12.1. The normalized spacial score (nSPS) is 16.2. The average Bonchev–Trinajstić information content (AvgIpc) is 2.73. The van der Waals surface area contributed by atoms with Crippen molar-refractivity contribution in [2.24, 2.45) is 0 Å². The molecule has 0 aliphatic carbocycles. The monoisotopic (exact) mass is 311 g/mol. The standard InChI is InChI=1S/C14H17NO5S/c1-4-9-19-14(16)12(21(3,17)18)13-15(2)10-7-5-6-8-11(10)20-13/h5-8H,4,9H2,1-3H3. The highest BCUT2D eigenvalue weighted by Gasteiger charge is 2.35. The number of nitrogens with zero attached hydrogens (tertiary/aromatic N) is 1. The van der Waals surface area contributed by atoms with Gasteiger partial charge in [-0.2, -0.15) is 0 Å². The van der Waals surface area contributed by atoms with Gasteiger partial charge in [0.25, 0.3) is 0 Å². The molecular formula is C14H17NO5S. The van der Waals surface area contributed by atoms with Crippen LogP contribution in [0.15, 0.2) is 35.1 Å². The molecule has 0 aromatic heterocycles. The molecule has 1 aromatic rings. The van der Waals surface area contributed by atoms with E-state index in [1.807, 2.05) is 6.92 Å². The number of anilines is 1. The van der Waals surface area contributed by atoms with Crippen LogP contribution in [0.2, 0.25) is 0 Å². The van der Waals surface area contributed by atoms with Gasteiger partial charge in [0.2, 0.25) is 10.8 Å². The fourth-order valence-electron chi connectivity index (χ4n) is 1.96. The summed E-state index contributed by atoms with van der Waals surface area (Å²) in [5.41, 5.74) is 0.692. The van der Waals surface area contributed by atoms with Gasteiger partial charge in [-0.25, -0.2) is 13.2 Å². The number of rotatable bonds is 4. The van der Waals surface area contributed by atoms with Crippen LogP contribution in [0.4, 0.5) is 5.69 Å². The van der Waals surface area contributed by atoms with E-state index < -0.39 is 20.7 Å². The minimum Gasteiger partial charge on any atom is -0.461 e. The molecule has 0 unspecified atom stereocenters. The van der Waals surface area contributed by atoms with Crippen LogP contribution >= 0.6 is 0 Å². The smallest absolute Gasteiger partial charge is 0.355 e. The number of ether oxygens (including phenoxy) is 2. The van der Waals surface area contributed by atoms with E-state index in [1.165, 1.54) is 4.90 Å². The molecule has 1 aliphatic rings. The van der Waals surface area contributed by atoms with Crippen LogP contribution < -0.4 is 9.64 Å². The number of sulfone groups is 1. The predicted molar refractivity (Wildman–Crippen MR) is 78.6 cm³/mol. The van der Waals surface area contributed by atoms with E-state index in [1.54, 1.807) is 31.3 Å². The van der Waals surface area contributed by atoms with Crippen LogP contribution in [0.1, 0.15) is 13.3 Å². The van der Waals surface area contributed by atoms with E-state index in [-0.39, 0.29) is 12.5 Å². The minimum absolute atomic E-state index is 0.0280. The fraction of sp³-hybridized carbons (Fsp3) is 0.357. The lowest BCUT2D eigenvalue weighted by molar-refractivity contribution is -0.138. The molecule has 0 saturated carbocycles. The van der Waals surface area contributed by atoms with Crippen molar-refractivity contribution in [1.29, 1.82) is 0 Å². The van der Waals surface area contributed by atoms with Crippen LogP contribution in [0, 0.1) is 0 Å². The van der Waals surface area contributed by atoms with Crippen molar-refractivity contribution in [3.8, 4) is 5.75 Å². The summed E-state index contributed by atoms with van der Waals surface area (Å²) in [5, 5.41) is 0. The SMILES string of the molecule is CCCOC(=O)C(=C1Oc2ccccc2N1C)S(C)(=O)=O. The Bertz CT molecular complexity index is 693. The summed E-state index contributed by atoms with van der Waals surface area (Å²) in [5.74, 6) is -0.423. The van der Waals surface area contributed by atoms with Gasteiger partial charge >= 0.3 is 5.97 Å². The second kappa shape index (κ2) is 5.77. The summed E-state index contributed by atoms with van der Waals surface area (Å²) in [6.45, 7) is 1.98. The third kappa shape index (κ3) is 3.02. The molecule has 2 rings (SSSR count). The molecule has 1 aliphatic heterocycles. The van der Waals surface area contributed by atoms with E-state index in [4.69, 9.17) is 9.47 Å². The van der Waals surface area contributed by atoms with Crippen molar-refractivity contribution in [3.63, 3.8) is 0 Å². The van der Waals surface area contributed by atoms with E-state index in [2.05, 4.69) is 0 Å². The lowest BCUT2D eigenvalue weighted by atomic mass is 10.3. The Balaban J connectivity index is 2.50.